The monoisotopic (exact) mass is 398 g/mol. The van der Waals surface area contributed by atoms with Gasteiger partial charge >= 0.3 is 5.97 Å². The van der Waals surface area contributed by atoms with Gasteiger partial charge in [-0.05, 0) is 55.0 Å². The zero-order valence-electron chi connectivity index (χ0n) is 16.3. The van der Waals surface area contributed by atoms with Gasteiger partial charge in [-0.25, -0.2) is 9.97 Å². The highest BCUT2D eigenvalue weighted by atomic mass is 32.2. The minimum atomic E-state index is -0.696. The van der Waals surface area contributed by atoms with Crippen LogP contribution in [0.3, 0.4) is 0 Å². The summed E-state index contributed by atoms with van der Waals surface area (Å²) < 4.78 is 0. The summed E-state index contributed by atoms with van der Waals surface area (Å²) in [5, 5.41) is 13.5. The molecular weight excluding hydrogens is 372 g/mol. The Labute approximate surface area is 169 Å². The van der Waals surface area contributed by atoms with Crippen molar-refractivity contribution in [3.05, 3.63) is 36.2 Å². The third kappa shape index (κ3) is 4.15. The topological polar surface area (TPSA) is 78.4 Å². The van der Waals surface area contributed by atoms with E-state index in [-0.39, 0.29) is 11.8 Å². The molecule has 0 bridgehead atoms. The molecule has 1 aromatic carbocycles. The molecule has 0 radical (unpaired) electrons. The van der Waals surface area contributed by atoms with Crippen LogP contribution >= 0.6 is 11.8 Å². The summed E-state index contributed by atoms with van der Waals surface area (Å²) in [6.07, 6.45) is 5.78. The lowest BCUT2D eigenvalue weighted by Crippen LogP contribution is -2.39. The summed E-state index contributed by atoms with van der Waals surface area (Å²) in [5.74, 6) is 0.591. The average molecular weight is 399 g/mol. The van der Waals surface area contributed by atoms with Crippen LogP contribution in [0.2, 0.25) is 0 Å². The number of nitrogens with zero attached hydrogens (tertiary/aromatic N) is 3. The number of anilines is 2. The first kappa shape index (κ1) is 19.2. The number of benzene rings is 1. The van der Waals surface area contributed by atoms with E-state index in [0.29, 0.717) is 5.92 Å². The van der Waals surface area contributed by atoms with Gasteiger partial charge in [0.05, 0.1) is 12.1 Å². The van der Waals surface area contributed by atoms with Gasteiger partial charge < -0.3 is 10.4 Å². The number of piperidine rings is 1. The Morgan fingerprint density at radius 2 is 2.04 bits per heavy atom. The molecule has 6 nitrogen and oxygen atoms in total. The van der Waals surface area contributed by atoms with Crippen LogP contribution in [-0.4, -0.2) is 39.0 Å². The average Bonchev–Trinajstić information content (AvgIpc) is 2.66. The second kappa shape index (κ2) is 7.72. The fourth-order valence-corrected chi connectivity index (χ4v) is 5.12. The number of aliphatic carboxylic acids is 1. The predicted molar refractivity (Wildman–Crippen MR) is 110 cm³/mol. The number of hydrogen-bond donors (Lipinski definition) is 2. The lowest BCUT2D eigenvalue weighted by atomic mass is 9.71. The highest BCUT2D eigenvalue weighted by molar-refractivity contribution is 7.99. The number of likely N-dealkylation sites (tertiary alicyclic amines) is 1. The number of hydrogen-bond acceptors (Lipinski definition) is 6. The number of rotatable bonds is 5. The fraction of sp³-hybridized carbons (Fsp3) is 0.476. The molecule has 2 aromatic rings. The molecule has 1 aromatic heterocycles. The van der Waals surface area contributed by atoms with Crippen molar-refractivity contribution in [2.45, 2.75) is 49.6 Å². The van der Waals surface area contributed by atoms with E-state index in [2.05, 4.69) is 52.2 Å². The Kier molecular flexibility index (Phi) is 5.29. The van der Waals surface area contributed by atoms with Crippen LogP contribution in [0.4, 0.5) is 11.5 Å². The summed E-state index contributed by atoms with van der Waals surface area (Å²) in [7, 11) is 0. The lowest BCUT2D eigenvalue weighted by Gasteiger charge is -2.40. The summed E-state index contributed by atoms with van der Waals surface area (Å²) in [6, 6.07) is 6.55. The first-order chi connectivity index (χ1) is 13.4. The first-order valence-electron chi connectivity index (χ1n) is 9.74. The van der Waals surface area contributed by atoms with Gasteiger partial charge in [-0.15, -0.1) is 0 Å². The first-order valence-corrected chi connectivity index (χ1v) is 10.6. The van der Waals surface area contributed by atoms with Gasteiger partial charge in [0.1, 0.15) is 5.03 Å². The Balaban J connectivity index is 1.37. The van der Waals surface area contributed by atoms with Gasteiger partial charge in [0, 0.05) is 23.8 Å². The van der Waals surface area contributed by atoms with Crippen molar-refractivity contribution in [3.8, 4) is 0 Å². The van der Waals surface area contributed by atoms with E-state index in [0.717, 1.165) is 49.0 Å². The van der Waals surface area contributed by atoms with Gasteiger partial charge in [-0.2, -0.15) is 0 Å². The molecule has 148 valence electrons. The molecule has 0 spiro atoms. The van der Waals surface area contributed by atoms with Crippen molar-refractivity contribution >= 4 is 29.2 Å². The smallest absolute Gasteiger partial charge is 0.303 e. The zero-order chi connectivity index (χ0) is 19.7. The summed E-state index contributed by atoms with van der Waals surface area (Å²) in [5.41, 5.74) is 2.23. The molecule has 4 rings (SSSR count). The van der Waals surface area contributed by atoms with E-state index < -0.39 is 5.97 Å². The largest absolute Gasteiger partial charge is 0.481 e. The van der Waals surface area contributed by atoms with Crippen LogP contribution in [0.1, 0.15) is 38.7 Å². The number of fused-ring (bicyclic) bond motifs is 2. The highest BCUT2D eigenvalue weighted by Gasteiger charge is 2.34. The van der Waals surface area contributed by atoms with Gasteiger partial charge in [0.25, 0.3) is 0 Å². The number of carboxylic acids is 1. The summed E-state index contributed by atoms with van der Waals surface area (Å²) >= 11 is 1.65. The summed E-state index contributed by atoms with van der Waals surface area (Å²) in [4.78, 5) is 23.5. The predicted octanol–water partition coefficient (Wildman–Crippen LogP) is 4.40. The molecule has 7 heteroatoms. The maximum absolute atomic E-state index is 11.1. The van der Waals surface area contributed by atoms with E-state index >= 15 is 0 Å². The fourth-order valence-electron chi connectivity index (χ4n) is 4.24. The molecule has 3 heterocycles. The molecule has 0 amide bonds. The molecule has 2 aliphatic rings. The molecule has 0 saturated carbocycles. The minimum Gasteiger partial charge on any atom is -0.481 e. The Morgan fingerprint density at radius 3 is 2.79 bits per heavy atom. The number of carboxylic acid groups (broad SMARTS) is 1. The maximum Gasteiger partial charge on any atom is 0.303 e. The normalized spacial score (nSPS) is 17.5. The van der Waals surface area contributed by atoms with Gasteiger partial charge in [-0.3, -0.25) is 9.69 Å². The summed E-state index contributed by atoms with van der Waals surface area (Å²) in [6.45, 7) is 7.13. The second-order valence-corrected chi connectivity index (χ2v) is 9.41. The molecule has 28 heavy (non-hydrogen) atoms. The van der Waals surface area contributed by atoms with Crippen molar-refractivity contribution in [2.75, 3.05) is 18.4 Å². The van der Waals surface area contributed by atoms with Crippen LogP contribution in [0, 0.1) is 11.3 Å². The molecule has 2 N–H and O–H groups in total. The lowest BCUT2D eigenvalue weighted by molar-refractivity contribution is -0.140. The van der Waals surface area contributed by atoms with E-state index in [9.17, 15) is 4.79 Å². The van der Waals surface area contributed by atoms with Crippen molar-refractivity contribution in [1.82, 2.24) is 14.9 Å². The quantitative estimate of drug-likeness (QED) is 0.659. The van der Waals surface area contributed by atoms with E-state index in [1.807, 2.05) is 0 Å². The van der Waals surface area contributed by atoms with Crippen LogP contribution in [0.25, 0.3) is 0 Å². The third-order valence-corrected chi connectivity index (χ3v) is 6.94. The van der Waals surface area contributed by atoms with Crippen LogP contribution in [0.15, 0.2) is 40.5 Å². The number of nitrogens with one attached hydrogen (secondary N) is 1. The van der Waals surface area contributed by atoms with Gasteiger partial charge in [0.2, 0.25) is 0 Å². The standard InChI is InChI=1S/C21H26N4O2S/c1-21(2,12-18(26)27)15-5-9-25(10-6-15)13-14-3-4-17-16(11-14)24-19-20(28-17)23-8-7-22-19/h3-4,7-8,11,15H,5-6,9-10,12-13H2,1-2H3,(H,22,24)(H,26,27). The Bertz CT molecular complexity index is 878. The molecule has 0 atom stereocenters. The van der Waals surface area contributed by atoms with Crippen molar-refractivity contribution in [1.29, 1.82) is 0 Å². The highest BCUT2D eigenvalue weighted by Crippen LogP contribution is 2.42. The molecule has 1 saturated heterocycles. The maximum atomic E-state index is 11.1. The van der Waals surface area contributed by atoms with Crippen molar-refractivity contribution in [2.24, 2.45) is 11.3 Å². The van der Waals surface area contributed by atoms with Crippen LogP contribution in [0.5, 0.6) is 0 Å². The molecular formula is C21H26N4O2S. The molecule has 2 aliphatic heterocycles. The van der Waals surface area contributed by atoms with E-state index in [4.69, 9.17) is 5.11 Å². The van der Waals surface area contributed by atoms with Crippen molar-refractivity contribution < 1.29 is 9.90 Å². The van der Waals surface area contributed by atoms with Crippen LogP contribution < -0.4 is 5.32 Å². The number of carbonyl (C=O) groups is 1. The minimum absolute atomic E-state index is 0.140. The third-order valence-electron chi connectivity index (χ3n) is 5.87. The SMILES string of the molecule is CC(C)(CC(=O)O)C1CCN(Cc2ccc3c(c2)Nc2nccnc2S3)CC1. The number of aromatic nitrogens is 2. The second-order valence-electron chi connectivity index (χ2n) is 8.38. The Morgan fingerprint density at radius 1 is 1.29 bits per heavy atom. The molecule has 0 aliphatic carbocycles. The van der Waals surface area contributed by atoms with Crippen LogP contribution in [-0.2, 0) is 11.3 Å². The van der Waals surface area contributed by atoms with E-state index in [1.165, 1.54) is 10.5 Å². The zero-order valence-corrected chi connectivity index (χ0v) is 17.1. The molecule has 1 fully saturated rings. The van der Waals surface area contributed by atoms with Crippen molar-refractivity contribution in [3.63, 3.8) is 0 Å². The van der Waals surface area contributed by atoms with Gasteiger partial charge in [-0.1, -0.05) is 31.7 Å². The van der Waals surface area contributed by atoms with E-state index in [1.54, 1.807) is 24.2 Å². The Hall–Kier alpha value is -2.12. The van der Waals surface area contributed by atoms with Gasteiger partial charge in [0.15, 0.2) is 5.82 Å². The molecule has 0 unspecified atom stereocenters.